The zero-order chi connectivity index (χ0) is 14.8. The van der Waals surface area contributed by atoms with Crippen LogP contribution in [-0.2, 0) is 9.47 Å². The van der Waals surface area contributed by atoms with E-state index >= 15 is 0 Å². The molecule has 3 nitrogen and oxygen atoms in total. The Hall–Kier alpha value is -0.120. The normalized spacial score (nSPS) is 36.1. The molecule has 1 N–H and O–H groups in total. The van der Waals surface area contributed by atoms with Gasteiger partial charge < -0.3 is 14.8 Å². The maximum absolute atomic E-state index is 6.40. The number of rotatable bonds is 5. The molecule has 0 aromatic carbocycles. The maximum Gasteiger partial charge on any atom is 0.0895 e. The van der Waals surface area contributed by atoms with Crippen LogP contribution in [-0.4, -0.2) is 36.0 Å². The highest BCUT2D eigenvalue weighted by Gasteiger charge is 2.47. The minimum Gasteiger partial charge on any atom is -0.372 e. The third kappa shape index (κ3) is 4.19. The van der Waals surface area contributed by atoms with Gasteiger partial charge in [-0.1, -0.05) is 6.92 Å². The maximum atomic E-state index is 6.40. The van der Waals surface area contributed by atoms with Gasteiger partial charge in [0.05, 0.1) is 23.4 Å². The van der Waals surface area contributed by atoms with E-state index in [1.807, 2.05) is 0 Å². The van der Waals surface area contributed by atoms with Gasteiger partial charge in [-0.15, -0.1) is 0 Å². The Morgan fingerprint density at radius 1 is 1.10 bits per heavy atom. The fourth-order valence-electron chi connectivity index (χ4n) is 3.71. The van der Waals surface area contributed by atoms with Crippen molar-refractivity contribution in [3.63, 3.8) is 0 Å². The molecule has 2 rings (SSSR count). The summed E-state index contributed by atoms with van der Waals surface area (Å²) < 4.78 is 12.5. The summed E-state index contributed by atoms with van der Waals surface area (Å²) in [5.41, 5.74) is -0.200. The summed E-state index contributed by atoms with van der Waals surface area (Å²) in [6.07, 6.45) is 7.78. The average molecular weight is 283 g/mol. The molecule has 1 aliphatic heterocycles. The first kappa shape index (κ1) is 16.3. The number of ether oxygens (including phenoxy) is 2. The van der Waals surface area contributed by atoms with Gasteiger partial charge in [-0.2, -0.15) is 0 Å². The lowest BCUT2D eigenvalue weighted by Crippen LogP contribution is -2.40. The highest BCUT2D eigenvalue weighted by molar-refractivity contribution is 4.96. The first-order valence-corrected chi connectivity index (χ1v) is 8.41. The standard InChI is InChI=1S/C17H33NO2/c1-6-11-18-13-7-9-14(10-8-13)19-15-12-16(2,3)20-17(15,4)5/h13-15,18H,6-12H2,1-5H3. The van der Waals surface area contributed by atoms with Crippen LogP contribution in [0.15, 0.2) is 0 Å². The predicted molar refractivity (Wildman–Crippen MR) is 83.1 cm³/mol. The molecule has 1 aliphatic carbocycles. The van der Waals surface area contributed by atoms with Crippen molar-refractivity contribution >= 4 is 0 Å². The summed E-state index contributed by atoms with van der Waals surface area (Å²) in [7, 11) is 0. The van der Waals surface area contributed by atoms with Gasteiger partial charge in [0.25, 0.3) is 0 Å². The molecule has 2 fully saturated rings. The first-order chi connectivity index (χ1) is 9.32. The van der Waals surface area contributed by atoms with Gasteiger partial charge in [0, 0.05) is 12.5 Å². The van der Waals surface area contributed by atoms with E-state index in [-0.39, 0.29) is 17.3 Å². The minimum absolute atomic E-state index is 0.0476. The van der Waals surface area contributed by atoms with Crippen molar-refractivity contribution in [3.05, 3.63) is 0 Å². The second kappa shape index (κ2) is 6.33. The van der Waals surface area contributed by atoms with Crippen molar-refractivity contribution in [3.8, 4) is 0 Å². The third-order valence-corrected chi connectivity index (χ3v) is 4.71. The Morgan fingerprint density at radius 2 is 1.75 bits per heavy atom. The monoisotopic (exact) mass is 283 g/mol. The molecular weight excluding hydrogens is 250 g/mol. The highest BCUT2D eigenvalue weighted by Crippen LogP contribution is 2.40. The Balaban J connectivity index is 1.78. The Bertz CT molecular complexity index is 306. The van der Waals surface area contributed by atoms with Gasteiger partial charge in [0.2, 0.25) is 0 Å². The lowest BCUT2D eigenvalue weighted by molar-refractivity contribution is -0.123. The van der Waals surface area contributed by atoms with Crippen LogP contribution in [0.3, 0.4) is 0 Å². The number of nitrogens with one attached hydrogen (secondary N) is 1. The fraction of sp³-hybridized carbons (Fsp3) is 1.00. The molecule has 20 heavy (non-hydrogen) atoms. The zero-order valence-corrected chi connectivity index (χ0v) is 14.0. The molecule has 1 saturated carbocycles. The van der Waals surface area contributed by atoms with Crippen molar-refractivity contribution in [2.75, 3.05) is 6.54 Å². The van der Waals surface area contributed by atoms with Crippen molar-refractivity contribution in [1.29, 1.82) is 0 Å². The van der Waals surface area contributed by atoms with Crippen LogP contribution in [0.5, 0.6) is 0 Å². The molecule has 0 amide bonds. The van der Waals surface area contributed by atoms with Crippen LogP contribution in [0, 0.1) is 0 Å². The summed E-state index contributed by atoms with van der Waals surface area (Å²) in [5, 5.41) is 3.63. The van der Waals surface area contributed by atoms with Gasteiger partial charge in [-0.05, 0) is 66.3 Å². The second-order valence-electron chi connectivity index (χ2n) is 7.72. The Morgan fingerprint density at radius 3 is 2.25 bits per heavy atom. The lowest BCUT2D eigenvalue weighted by atomic mass is 9.91. The Labute approximate surface area is 124 Å². The van der Waals surface area contributed by atoms with Gasteiger partial charge in [0.15, 0.2) is 0 Å². The third-order valence-electron chi connectivity index (χ3n) is 4.71. The van der Waals surface area contributed by atoms with Gasteiger partial charge in [-0.25, -0.2) is 0 Å². The molecule has 0 bridgehead atoms. The second-order valence-corrected chi connectivity index (χ2v) is 7.72. The van der Waals surface area contributed by atoms with Gasteiger partial charge in [-0.3, -0.25) is 0 Å². The molecule has 1 heterocycles. The van der Waals surface area contributed by atoms with E-state index in [2.05, 4.69) is 39.9 Å². The topological polar surface area (TPSA) is 30.5 Å². The summed E-state index contributed by atoms with van der Waals surface area (Å²) in [6.45, 7) is 12.1. The quantitative estimate of drug-likeness (QED) is 0.835. The molecule has 0 aromatic heterocycles. The van der Waals surface area contributed by atoms with E-state index < -0.39 is 0 Å². The number of hydrogen-bond donors (Lipinski definition) is 1. The first-order valence-electron chi connectivity index (χ1n) is 8.41. The van der Waals surface area contributed by atoms with Crippen LogP contribution in [0.25, 0.3) is 0 Å². The van der Waals surface area contributed by atoms with E-state index in [0.29, 0.717) is 12.1 Å². The molecule has 1 unspecified atom stereocenters. The van der Waals surface area contributed by atoms with Crippen LogP contribution in [0.4, 0.5) is 0 Å². The fourth-order valence-corrected chi connectivity index (χ4v) is 3.71. The minimum atomic E-state index is -0.152. The number of hydrogen-bond acceptors (Lipinski definition) is 3. The molecule has 3 heteroatoms. The average Bonchev–Trinajstić information content (AvgIpc) is 2.56. The molecule has 0 aromatic rings. The van der Waals surface area contributed by atoms with E-state index in [1.54, 1.807) is 0 Å². The predicted octanol–water partition coefficient (Wildman–Crippen LogP) is 3.66. The SMILES string of the molecule is CCCNC1CCC(OC2CC(C)(C)OC2(C)C)CC1. The van der Waals surface area contributed by atoms with E-state index in [9.17, 15) is 0 Å². The zero-order valence-electron chi connectivity index (χ0n) is 14.0. The van der Waals surface area contributed by atoms with Gasteiger partial charge >= 0.3 is 0 Å². The highest BCUT2D eigenvalue weighted by atomic mass is 16.6. The van der Waals surface area contributed by atoms with E-state index in [1.165, 1.54) is 32.1 Å². The summed E-state index contributed by atoms with van der Waals surface area (Å²) in [4.78, 5) is 0. The Kier molecular flexibility index (Phi) is 5.14. The van der Waals surface area contributed by atoms with E-state index in [4.69, 9.17) is 9.47 Å². The molecule has 2 aliphatic rings. The van der Waals surface area contributed by atoms with Crippen LogP contribution in [0.1, 0.15) is 73.1 Å². The summed E-state index contributed by atoms with van der Waals surface area (Å²) in [6, 6.07) is 0.707. The van der Waals surface area contributed by atoms with Gasteiger partial charge in [0.1, 0.15) is 0 Å². The largest absolute Gasteiger partial charge is 0.372 e. The lowest BCUT2D eigenvalue weighted by Gasteiger charge is -2.34. The molecule has 118 valence electrons. The van der Waals surface area contributed by atoms with E-state index in [0.717, 1.165) is 13.0 Å². The van der Waals surface area contributed by atoms with Crippen molar-refractivity contribution in [1.82, 2.24) is 5.32 Å². The smallest absolute Gasteiger partial charge is 0.0895 e. The molecular formula is C17H33NO2. The molecule has 1 atom stereocenters. The molecule has 0 spiro atoms. The van der Waals surface area contributed by atoms with Crippen LogP contribution >= 0.6 is 0 Å². The van der Waals surface area contributed by atoms with Crippen molar-refractivity contribution in [2.24, 2.45) is 0 Å². The van der Waals surface area contributed by atoms with Crippen LogP contribution < -0.4 is 5.32 Å². The van der Waals surface area contributed by atoms with Crippen molar-refractivity contribution in [2.45, 2.75) is 103 Å². The summed E-state index contributed by atoms with van der Waals surface area (Å²) in [5.74, 6) is 0. The molecule has 0 radical (unpaired) electrons. The van der Waals surface area contributed by atoms with Crippen LogP contribution in [0.2, 0.25) is 0 Å². The molecule has 1 saturated heterocycles. The summed E-state index contributed by atoms with van der Waals surface area (Å²) >= 11 is 0. The van der Waals surface area contributed by atoms with Crippen molar-refractivity contribution < 1.29 is 9.47 Å².